The standard InChI is InChI=1S/C52H48Cl2N4O4/c1-7-31-18-17-30(23-38(31)50-55-46(33-19-21-42(59-3)44(24-33)61-5)48(57-50)36-13-9-11-15-40(36)53)27-52-28-32(8-2)39(26-35(52)29-52)51-56-47(34-20-22-43(60-4)45(25-34)62-6)49(58-51)37-14-10-12-16-41(37)54/h9-26H,7-8,27-29H2,1-6H3,(H,55,57)(H,56,58). The number of methoxy groups -OCH3 is 4. The lowest BCUT2D eigenvalue weighted by Crippen LogP contribution is -2.12. The first-order valence-corrected chi connectivity index (χ1v) is 21.7. The molecule has 2 aliphatic carbocycles. The van der Waals surface area contributed by atoms with Gasteiger partial charge >= 0.3 is 0 Å². The van der Waals surface area contributed by atoms with Gasteiger partial charge in [0.25, 0.3) is 0 Å². The van der Waals surface area contributed by atoms with Gasteiger partial charge in [-0.1, -0.05) is 103 Å². The van der Waals surface area contributed by atoms with E-state index < -0.39 is 0 Å². The summed E-state index contributed by atoms with van der Waals surface area (Å²) in [6.07, 6.45) is 7.07. The number of fused-ring (bicyclic) bond motifs is 1. The number of aryl methyl sites for hydroxylation is 1. The Kier molecular flexibility index (Phi) is 11.2. The molecule has 2 aliphatic rings. The van der Waals surface area contributed by atoms with Gasteiger partial charge in [-0.3, -0.25) is 0 Å². The molecule has 314 valence electrons. The van der Waals surface area contributed by atoms with Crippen LogP contribution in [0.15, 0.2) is 120 Å². The third-order valence-corrected chi connectivity index (χ3v) is 13.0. The molecule has 62 heavy (non-hydrogen) atoms. The summed E-state index contributed by atoms with van der Waals surface area (Å²) in [4.78, 5) is 18.0. The Morgan fingerprint density at radius 3 is 1.66 bits per heavy atom. The second-order valence-electron chi connectivity index (χ2n) is 15.9. The minimum absolute atomic E-state index is 0.0564. The molecule has 10 heteroatoms. The van der Waals surface area contributed by atoms with E-state index in [9.17, 15) is 0 Å². The van der Waals surface area contributed by atoms with Gasteiger partial charge in [-0.2, -0.15) is 0 Å². The van der Waals surface area contributed by atoms with Crippen LogP contribution in [0.2, 0.25) is 10.0 Å². The van der Waals surface area contributed by atoms with Gasteiger partial charge in [0, 0.05) is 38.8 Å². The lowest BCUT2D eigenvalue weighted by molar-refractivity contribution is 0.355. The second kappa shape index (κ2) is 16.9. The topological polar surface area (TPSA) is 94.3 Å². The first-order chi connectivity index (χ1) is 30.2. The number of allylic oxidation sites excluding steroid dienone is 4. The number of halogens is 2. The van der Waals surface area contributed by atoms with E-state index in [4.69, 9.17) is 52.1 Å². The zero-order valence-corrected chi connectivity index (χ0v) is 37.2. The lowest BCUT2D eigenvalue weighted by Gasteiger charge is -2.23. The zero-order chi connectivity index (χ0) is 43.1. The number of hydrogen-bond donors (Lipinski definition) is 2. The fraction of sp³-hybridized carbons (Fsp3) is 0.231. The Morgan fingerprint density at radius 2 is 1.13 bits per heavy atom. The smallest absolute Gasteiger partial charge is 0.161 e. The Balaban J connectivity index is 1.07. The summed E-state index contributed by atoms with van der Waals surface area (Å²) >= 11 is 13.6. The number of nitrogens with one attached hydrogen (secondary N) is 2. The van der Waals surface area contributed by atoms with Crippen LogP contribution in [0.4, 0.5) is 0 Å². The summed E-state index contributed by atoms with van der Waals surface area (Å²) in [5.41, 5.74) is 14.5. The number of ether oxygens (including phenoxy) is 4. The number of H-pyrrole nitrogens is 2. The Hall–Kier alpha value is -6.22. The average molecular weight is 864 g/mol. The maximum atomic E-state index is 6.83. The molecular formula is C52H48Cl2N4O4. The maximum absolute atomic E-state index is 6.83. The Labute approximate surface area is 372 Å². The summed E-state index contributed by atoms with van der Waals surface area (Å²) in [6, 6.07) is 34.4. The number of benzene rings is 5. The molecular weight excluding hydrogens is 816 g/mol. The molecule has 2 aromatic heterocycles. The highest BCUT2D eigenvalue weighted by atomic mass is 35.5. The lowest BCUT2D eigenvalue weighted by atomic mass is 9.82. The van der Waals surface area contributed by atoms with Crippen LogP contribution in [0, 0.1) is 5.41 Å². The molecule has 2 heterocycles. The van der Waals surface area contributed by atoms with Crippen LogP contribution >= 0.6 is 23.2 Å². The van der Waals surface area contributed by atoms with E-state index in [1.807, 2.05) is 84.9 Å². The highest BCUT2D eigenvalue weighted by molar-refractivity contribution is 6.33. The van der Waals surface area contributed by atoms with Crippen molar-refractivity contribution < 1.29 is 18.9 Å². The molecule has 8 nitrogen and oxygen atoms in total. The molecule has 0 spiro atoms. The average Bonchev–Trinajstić information content (AvgIpc) is 3.57. The van der Waals surface area contributed by atoms with Crippen LogP contribution in [0.5, 0.6) is 23.0 Å². The molecule has 1 saturated carbocycles. The Bertz CT molecular complexity index is 2910. The highest BCUT2D eigenvalue weighted by Gasteiger charge is 2.51. The largest absolute Gasteiger partial charge is 0.493 e. The summed E-state index contributed by atoms with van der Waals surface area (Å²) in [7, 11) is 6.58. The van der Waals surface area contributed by atoms with Crippen LogP contribution < -0.4 is 18.9 Å². The number of aromatic nitrogens is 4. The molecule has 9 rings (SSSR count). The first-order valence-electron chi connectivity index (χ1n) is 20.9. The predicted octanol–water partition coefficient (Wildman–Crippen LogP) is 13.5. The van der Waals surface area contributed by atoms with Gasteiger partial charge in [-0.25, -0.2) is 9.97 Å². The summed E-state index contributed by atoms with van der Waals surface area (Å²) < 4.78 is 22.5. The van der Waals surface area contributed by atoms with Gasteiger partial charge in [0.2, 0.25) is 0 Å². The minimum atomic E-state index is 0.0564. The molecule has 7 aromatic rings. The molecule has 0 amide bonds. The summed E-state index contributed by atoms with van der Waals surface area (Å²) in [6.45, 7) is 4.43. The highest BCUT2D eigenvalue weighted by Crippen LogP contribution is 2.62. The molecule has 0 radical (unpaired) electrons. The molecule has 1 atom stereocenters. The van der Waals surface area contributed by atoms with Gasteiger partial charge in [0.05, 0.1) is 61.3 Å². The normalized spacial score (nSPS) is 15.6. The molecule has 0 aliphatic heterocycles. The quantitative estimate of drug-likeness (QED) is 0.113. The number of nitrogens with zero attached hydrogens (tertiary/aromatic N) is 2. The number of aromatic amines is 2. The van der Waals surface area contributed by atoms with E-state index in [1.165, 1.54) is 22.3 Å². The van der Waals surface area contributed by atoms with E-state index in [0.717, 1.165) is 99.9 Å². The van der Waals surface area contributed by atoms with Crippen molar-refractivity contribution in [3.8, 4) is 79.4 Å². The van der Waals surface area contributed by atoms with Crippen molar-refractivity contribution in [2.75, 3.05) is 28.4 Å². The molecule has 0 bridgehead atoms. The fourth-order valence-corrected chi connectivity index (χ4v) is 9.47. The fourth-order valence-electron chi connectivity index (χ4n) is 9.02. The van der Waals surface area contributed by atoms with E-state index >= 15 is 0 Å². The van der Waals surface area contributed by atoms with Crippen molar-refractivity contribution >= 4 is 28.8 Å². The minimum Gasteiger partial charge on any atom is -0.493 e. The van der Waals surface area contributed by atoms with Crippen LogP contribution in [-0.4, -0.2) is 48.4 Å². The van der Waals surface area contributed by atoms with E-state index in [1.54, 1.807) is 28.4 Å². The van der Waals surface area contributed by atoms with Crippen LogP contribution in [0.3, 0.4) is 0 Å². The van der Waals surface area contributed by atoms with Crippen molar-refractivity contribution in [3.63, 3.8) is 0 Å². The van der Waals surface area contributed by atoms with Crippen molar-refractivity contribution in [3.05, 3.63) is 147 Å². The second-order valence-corrected chi connectivity index (χ2v) is 16.7. The van der Waals surface area contributed by atoms with Gasteiger partial charge in [0.15, 0.2) is 23.0 Å². The summed E-state index contributed by atoms with van der Waals surface area (Å²) in [5, 5.41) is 1.27. The first kappa shape index (κ1) is 41.1. The van der Waals surface area contributed by atoms with Crippen LogP contribution in [0.25, 0.3) is 62.0 Å². The van der Waals surface area contributed by atoms with E-state index in [0.29, 0.717) is 33.0 Å². The van der Waals surface area contributed by atoms with E-state index in [2.05, 4.69) is 48.1 Å². The van der Waals surface area contributed by atoms with Crippen LogP contribution in [0.1, 0.15) is 50.1 Å². The molecule has 2 N–H and O–H groups in total. The van der Waals surface area contributed by atoms with Crippen molar-refractivity contribution in [1.82, 2.24) is 19.9 Å². The van der Waals surface area contributed by atoms with Gasteiger partial charge in [-0.05, 0) is 97.8 Å². The molecule has 5 aromatic carbocycles. The number of hydrogen-bond acceptors (Lipinski definition) is 6. The van der Waals surface area contributed by atoms with Gasteiger partial charge < -0.3 is 28.9 Å². The van der Waals surface area contributed by atoms with E-state index in [-0.39, 0.29) is 5.41 Å². The van der Waals surface area contributed by atoms with Crippen LogP contribution in [-0.2, 0) is 12.8 Å². The number of rotatable bonds is 14. The zero-order valence-electron chi connectivity index (χ0n) is 35.7. The third kappa shape index (κ3) is 7.45. The Morgan fingerprint density at radius 1 is 0.581 bits per heavy atom. The van der Waals surface area contributed by atoms with Crippen molar-refractivity contribution in [2.24, 2.45) is 5.41 Å². The monoisotopic (exact) mass is 862 g/mol. The molecule has 0 saturated heterocycles. The van der Waals surface area contributed by atoms with Gasteiger partial charge in [0.1, 0.15) is 11.6 Å². The van der Waals surface area contributed by atoms with Crippen molar-refractivity contribution in [1.29, 1.82) is 0 Å². The van der Waals surface area contributed by atoms with Gasteiger partial charge in [-0.15, -0.1) is 0 Å². The summed E-state index contributed by atoms with van der Waals surface area (Å²) in [5.74, 6) is 4.23. The predicted molar refractivity (Wildman–Crippen MR) is 251 cm³/mol. The maximum Gasteiger partial charge on any atom is 0.161 e. The van der Waals surface area contributed by atoms with Crippen molar-refractivity contribution in [2.45, 2.75) is 46.0 Å². The number of imidazole rings is 2. The SMILES string of the molecule is CCC1=C(c2nc(-c3ccccc3Cl)c(-c3ccc(OC)c(OC)c3)[nH]2)C=C2CC2(Cc2ccc(CC)c(-c3nc(-c4ccccc4Cl)c(-c4ccc(OC)c(OC)c4)[nH]3)c2)C1. The third-order valence-electron chi connectivity index (χ3n) is 12.4. The molecule has 1 fully saturated rings. The molecule has 1 unspecified atom stereocenters.